The van der Waals surface area contributed by atoms with Crippen molar-refractivity contribution in [3.63, 3.8) is 0 Å². The highest BCUT2D eigenvalue weighted by molar-refractivity contribution is 5.66. The van der Waals surface area contributed by atoms with Crippen LogP contribution in [0.15, 0.2) is 11.8 Å². The van der Waals surface area contributed by atoms with E-state index in [1.54, 1.807) is 6.08 Å². The van der Waals surface area contributed by atoms with Gasteiger partial charge >= 0.3 is 5.97 Å². The van der Waals surface area contributed by atoms with Gasteiger partial charge in [-0.1, -0.05) is 19.8 Å². The van der Waals surface area contributed by atoms with Gasteiger partial charge in [-0.05, 0) is 44.1 Å². The van der Waals surface area contributed by atoms with E-state index in [-0.39, 0.29) is 24.5 Å². The lowest BCUT2D eigenvalue weighted by molar-refractivity contribution is -0.137. The van der Waals surface area contributed by atoms with Gasteiger partial charge < -0.3 is 20.1 Å². The van der Waals surface area contributed by atoms with E-state index in [4.69, 9.17) is 9.84 Å². The smallest absolute Gasteiger partial charge is 0.303 e. The SMILES string of the molecule is CCCC[C@H](F)[C@H](O)CC[C@@H]1[C@H]2[C@H](F)/C(=C/CCCC(=O)O)O[C@@H]2C[C@H]1O. The Morgan fingerprint density at radius 1 is 1.37 bits per heavy atom. The van der Waals surface area contributed by atoms with Gasteiger partial charge in [-0.25, -0.2) is 8.78 Å². The quantitative estimate of drug-likeness (QED) is 0.470. The molecule has 0 aromatic rings. The number of aliphatic hydroxyl groups excluding tert-OH is 2. The molecule has 0 spiro atoms. The van der Waals surface area contributed by atoms with Crippen LogP contribution in [0.3, 0.4) is 0 Å². The molecule has 0 bridgehead atoms. The third-order valence-corrected chi connectivity index (χ3v) is 5.78. The molecule has 1 saturated carbocycles. The molecule has 0 radical (unpaired) electrons. The summed E-state index contributed by atoms with van der Waals surface area (Å²) in [5.74, 6) is -1.53. The van der Waals surface area contributed by atoms with E-state index in [1.807, 2.05) is 6.92 Å². The lowest BCUT2D eigenvalue weighted by Gasteiger charge is -2.23. The largest absolute Gasteiger partial charge is 0.491 e. The fourth-order valence-electron chi connectivity index (χ4n) is 4.24. The number of carboxylic acid groups (broad SMARTS) is 1. The molecule has 2 fully saturated rings. The molecule has 1 heterocycles. The lowest BCUT2D eigenvalue weighted by Crippen LogP contribution is -2.29. The van der Waals surface area contributed by atoms with Gasteiger partial charge in [0.25, 0.3) is 0 Å². The molecule has 0 aromatic heterocycles. The third-order valence-electron chi connectivity index (χ3n) is 5.78. The molecule has 0 aromatic carbocycles. The zero-order chi connectivity index (χ0) is 20.0. The second-order valence-electron chi connectivity index (χ2n) is 7.80. The minimum atomic E-state index is -1.35. The van der Waals surface area contributed by atoms with Crippen molar-refractivity contribution in [1.29, 1.82) is 0 Å². The number of aliphatic carboxylic acids is 1. The van der Waals surface area contributed by atoms with E-state index >= 15 is 0 Å². The fourth-order valence-corrected chi connectivity index (χ4v) is 4.24. The summed E-state index contributed by atoms with van der Waals surface area (Å²) in [5, 5.41) is 28.9. The molecule has 3 N–H and O–H groups in total. The molecule has 0 unspecified atom stereocenters. The minimum absolute atomic E-state index is 0.0231. The third kappa shape index (κ3) is 5.88. The molecular formula is C20H32F2O5. The van der Waals surface area contributed by atoms with Crippen molar-refractivity contribution in [3.8, 4) is 0 Å². The van der Waals surface area contributed by atoms with Crippen LogP contribution in [0, 0.1) is 11.8 Å². The summed E-state index contributed by atoms with van der Waals surface area (Å²) in [4.78, 5) is 10.5. The molecule has 7 heteroatoms. The molecule has 2 aliphatic rings. The number of carbonyl (C=O) groups is 1. The van der Waals surface area contributed by atoms with E-state index < -0.39 is 42.5 Å². The van der Waals surface area contributed by atoms with Crippen LogP contribution in [0.1, 0.15) is 64.7 Å². The number of unbranched alkanes of at least 4 members (excludes halogenated alkanes) is 2. The second kappa shape index (κ2) is 10.4. The Hall–Kier alpha value is -1.21. The van der Waals surface area contributed by atoms with E-state index in [0.717, 1.165) is 6.42 Å². The highest BCUT2D eigenvalue weighted by Crippen LogP contribution is 2.48. The zero-order valence-electron chi connectivity index (χ0n) is 15.9. The van der Waals surface area contributed by atoms with Crippen LogP contribution in [0.25, 0.3) is 0 Å². The van der Waals surface area contributed by atoms with Gasteiger partial charge in [0.2, 0.25) is 0 Å². The van der Waals surface area contributed by atoms with Gasteiger partial charge in [0.15, 0.2) is 6.17 Å². The number of alkyl halides is 2. The topological polar surface area (TPSA) is 87.0 Å². The number of ether oxygens (including phenoxy) is 1. The summed E-state index contributed by atoms with van der Waals surface area (Å²) in [5.41, 5.74) is 0. The van der Waals surface area contributed by atoms with Crippen molar-refractivity contribution >= 4 is 5.97 Å². The first kappa shape index (κ1) is 22.1. The summed E-state index contributed by atoms with van der Waals surface area (Å²) < 4.78 is 34.4. The molecule has 2 rings (SSSR count). The Morgan fingerprint density at radius 3 is 2.78 bits per heavy atom. The maximum Gasteiger partial charge on any atom is 0.303 e. The maximum atomic E-state index is 14.8. The average molecular weight is 390 g/mol. The summed E-state index contributed by atoms with van der Waals surface area (Å²) >= 11 is 0. The highest BCUT2D eigenvalue weighted by atomic mass is 19.1. The minimum Gasteiger partial charge on any atom is -0.491 e. The van der Waals surface area contributed by atoms with Crippen LogP contribution in [-0.4, -0.2) is 51.9 Å². The highest BCUT2D eigenvalue weighted by Gasteiger charge is 2.53. The number of halogens is 2. The molecule has 0 amide bonds. The summed E-state index contributed by atoms with van der Waals surface area (Å²) in [6.45, 7) is 1.96. The summed E-state index contributed by atoms with van der Waals surface area (Å²) in [6.07, 6.45) is 0.381. The Bertz CT molecular complexity index is 513. The molecular weight excluding hydrogens is 358 g/mol. The Labute approximate surface area is 159 Å². The van der Waals surface area contributed by atoms with E-state index in [1.165, 1.54) is 0 Å². The first-order valence-corrected chi connectivity index (χ1v) is 10.1. The maximum absolute atomic E-state index is 14.8. The van der Waals surface area contributed by atoms with Crippen molar-refractivity contribution < 1.29 is 33.6 Å². The standard InChI is InChI=1S/C20H32F2O5/c1-2-3-6-13(21)14(23)10-9-12-15(24)11-17-19(12)20(22)16(27-17)7-4-5-8-18(25)26/h7,12-15,17,19-20,23-24H,2-6,8-11H2,1H3,(H,25,26)/b16-7-/t12-,13-,14+,15+,17+,19+,20+/m0/s1. The number of carboxylic acids is 1. The number of rotatable bonds is 11. The van der Waals surface area contributed by atoms with Gasteiger partial charge in [-0.3, -0.25) is 4.79 Å². The van der Waals surface area contributed by atoms with Crippen LogP contribution in [-0.2, 0) is 9.53 Å². The first-order valence-electron chi connectivity index (χ1n) is 10.1. The predicted octanol–water partition coefficient (Wildman–Crippen LogP) is 3.53. The molecule has 156 valence electrons. The first-order chi connectivity index (χ1) is 12.8. The van der Waals surface area contributed by atoms with Crippen molar-refractivity contribution in [2.75, 3.05) is 0 Å². The van der Waals surface area contributed by atoms with Crippen LogP contribution >= 0.6 is 0 Å². The lowest BCUT2D eigenvalue weighted by atomic mass is 9.85. The normalized spacial score (nSPS) is 33.7. The van der Waals surface area contributed by atoms with Crippen molar-refractivity contribution in [1.82, 2.24) is 0 Å². The number of hydrogen-bond donors (Lipinski definition) is 3. The summed E-state index contributed by atoms with van der Waals surface area (Å²) in [6, 6.07) is 0. The van der Waals surface area contributed by atoms with Crippen molar-refractivity contribution in [3.05, 3.63) is 11.8 Å². The van der Waals surface area contributed by atoms with Crippen molar-refractivity contribution in [2.45, 2.75) is 95.4 Å². The van der Waals surface area contributed by atoms with Gasteiger partial charge in [0, 0.05) is 18.8 Å². The van der Waals surface area contributed by atoms with E-state index in [9.17, 15) is 23.8 Å². The molecule has 7 atom stereocenters. The Morgan fingerprint density at radius 2 is 2.11 bits per heavy atom. The van der Waals surface area contributed by atoms with Gasteiger partial charge in [-0.2, -0.15) is 0 Å². The molecule has 1 saturated heterocycles. The van der Waals surface area contributed by atoms with Crippen LogP contribution in [0.5, 0.6) is 0 Å². The predicted molar refractivity (Wildman–Crippen MR) is 96.6 cm³/mol. The zero-order valence-corrected chi connectivity index (χ0v) is 15.9. The molecule has 1 aliphatic heterocycles. The molecule has 1 aliphatic carbocycles. The van der Waals surface area contributed by atoms with Gasteiger partial charge in [-0.15, -0.1) is 0 Å². The molecule has 27 heavy (non-hydrogen) atoms. The average Bonchev–Trinajstić information content (AvgIpc) is 3.09. The Balaban J connectivity index is 1.87. The van der Waals surface area contributed by atoms with Crippen LogP contribution in [0.2, 0.25) is 0 Å². The number of allylic oxidation sites excluding steroid dienone is 2. The van der Waals surface area contributed by atoms with Crippen LogP contribution in [0.4, 0.5) is 8.78 Å². The van der Waals surface area contributed by atoms with Gasteiger partial charge in [0.1, 0.15) is 18.0 Å². The summed E-state index contributed by atoms with van der Waals surface area (Å²) in [7, 11) is 0. The van der Waals surface area contributed by atoms with E-state index in [0.29, 0.717) is 38.5 Å². The van der Waals surface area contributed by atoms with E-state index in [2.05, 4.69) is 0 Å². The van der Waals surface area contributed by atoms with Crippen LogP contribution < -0.4 is 0 Å². The fraction of sp³-hybridized carbons (Fsp3) is 0.850. The molecule has 5 nitrogen and oxygen atoms in total. The number of aliphatic hydroxyl groups is 2. The van der Waals surface area contributed by atoms with Gasteiger partial charge in [0.05, 0.1) is 12.2 Å². The second-order valence-corrected chi connectivity index (χ2v) is 7.80. The number of fused-ring (bicyclic) bond motifs is 1. The van der Waals surface area contributed by atoms with Crippen molar-refractivity contribution in [2.24, 2.45) is 11.8 Å². The monoisotopic (exact) mass is 390 g/mol. The Kier molecular flexibility index (Phi) is 8.48. The number of hydrogen-bond acceptors (Lipinski definition) is 4.